The molecule has 0 aliphatic heterocycles. The molecule has 0 saturated heterocycles. The van der Waals surface area contributed by atoms with Gasteiger partial charge in [0.25, 0.3) is 0 Å². The molecule has 0 spiro atoms. The first kappa shape index (κ1) is 11.8. The van der Waals surface area contributed by atoms with Crippen LogP contribution < -0.4 is 4.90 Å². The van der Waals surface area contributed by atoms with Gasteiger partial charge in [-0.2, -0.15) is 0 Å². The number of anilines is 1. The molecule has 0 aliphatic rings. The van der Waals surface area contributed by atoms with Crippen LogP contribution in [0.25, 0.3) is 6.08 Å². The molecule has 0 aromatic heterocycles. The minimum absolute atomic E-state index is 1.04. The van der Waals surface area contributed by atoms with Crippen molar-refractivity contribution in [2.24, 2.45) is 0 Å². The maximum Gasteiger partial charge on any atom is 0.0442 e. The third-order valence-corrected chi connectivity index (χ3v) is 3.07. The van der Waals surface area contributed by atoms with Crippen LogP contribution in [0.15, 0.2) is 18.7 Å². The number of rotatable bonds is 4. The van der Waals surface area contributed by atoms with E-state index >= 15 is 0 Å². The van der Waals surface area contributed by atoms with E-state index in [0.717, 1.165) is 13.1 Å². The average molecular weight is 203 g/mol. The minimum Gasteiger partial charge on any atom is -0.372 e. The van der Waals surface area contributed by atoms with Crippen LogP contribution in [0.2, 0.25) is 0 Å². The highest BCUT2D eigenvalue weighted by Gasteiger charge is 2.09. The monoisotopic (exact) mass is 203 g/mol. The van der Waals surface area contributed by atoms with Crippen molar-refractivity contribution in [1.82, 2.24) is 0 Å². The van der Waals surface area contributed by atoms with Crippen LogP contribution in [0.4, 0.5) is 5.69 Å². The van der Waals surface area contributed by atoms with Gasteiger partial charge in [-0.3, -0.25) is 0 Å². The third kappa shape index (κ3) is 2.23. The van der Waals surface area contributed by atoms with Crippen molar-refractivity contribution in [2.45, 2.75) is 27.7 Å². The Morgan fingerprint density at radius 2 is 1.80 bits per heavy atom. The summed E-state index contributed by atoms with van der Waals surface area (Å²) in [6, 6.07) is 4.39. The van der Waals surface area contributed by atoms with Crippen LogP contribution >= 0.6 is 0 Å². The van der Waals surface area contributed by atoms with Gasteiger partial charge in [0.05, 0.1) is 0 Å². The Balaban J connectivity index is 3.29. The number of hydrogen-bond acceptors (Lipinski definition) is 1. The molecule has 1 nitrogen and oxygen atoms in total. The predicted molar refractivity (Wildman–Crippen MR) is 69.6 cm³/mol. The summed E-state index contributed by atoms with van der Waals surface area (Å²) < 4.78 is 0. The summed E-state index contributed by atoms with van der Waals surface area (Å²) in [6.07, 6.45) is 1.97. The molecule has 1 aromatic rings. The molecule has 0 atom stereocenters. The van der Waals surface area contributed by atoms with Crippen LogP contribution in [-0.2, 0) is 0 Å². The van der Waals surface area contributed by atoms with E-state index in [9.17, 15) is 0 Å². The van der Waals surface area contributed by atoms with Gasteiger partial charge < -0.3 is 4.90 Å². The summed E-state index contributed by atoms with van der Waals surface area (Å²) in [4.78, 5) is 2.36. The summed E-state index contributed by atoms with van der Waals surface area (Å²) in [6.45, 7) is 14.7. The number of aryl methyl sites for hydroxylation is 1. The Morgan fingerprint density at radius 3 is 2.27 bits per heavy atom. The van der Waals surface area contributed by atoms with Crippen molar-refractivity contribution in [3.8, 4) is 0 Å². The fraction of sp³-hybridized carbons (Fsp3) is 0.429. The van der Waals surface area contributed by atoms with Gasteiger partial charge in [0.15, 0.2) is 0 Å². The lowest BCUT2D eigenvalue weighted by molar-refractivity contribution is 0.864. The molecule has 82 valence electrons. The van der Waals surface area contributed by atoms with Crippen LogP contribution in [0.5, 0.6) is 0 Å². The van der Waals surface area contributed by atoms with E-state index < -0.39 is 0 Å². The summed E-state index contributed by atoms with van der Waals surface area (Å²) in [5, 5.41) is 0. The smallest absolute Gasteiger partial charge is 0.0442 e. The van der Waals surface area contributed by atoms with E-state index in [2.05, 4.69) is 51.3 Å². The Kier molecular flexibility index (Phi) is 3.96. The van der Waals surface area contributed by atoms with Crippen molar-refractivity contribution in [3.63, 3.8) is 0 Å². The van der Waals surface area contributed by atoms with Crippen molar-refractivity contribution in [3.05, 3.63) is 35.4 Å². The van der Waals surface area contributed by atoms with E-state index in [1.54, 1.807) is 0 Å². The molecule has 1 heteroatoms. The molecule has 0 unspecified atom stereocenters. The Labute approximate surface area is 93.4 Å². The quantitative estimate of drug-likeness (QED) is 0.719. The molecular weight excluding hydrogens is 182 g/mol. The van der Waals surface area contributed by atoms with Gasteiger partial charge in [-0.05, 0) is 44.9 Å². The van der Waals surface area contributed by atoms with E-state index in [1.807, 2.05) is 6.08 Å². The molecule has 1 rings (SSSR count). The number of benzene rings is 1. The van der Waals surface area contributed by atoms with Gasteiger partial charge in [-0.25, -0.2) is 0 Å². The van der Waals surface area contributed by atoms with Gasteiger partial charge in [0.1, 0.15) is 0 Å². The van der Waals surface area contributed by atoms with Crippen molar-refractivity contribution < 1.29 is 0 Å². The van der Waals surface area contributed by atoms with E-state index in [1.165, 1.54) is 22.4 Å². The number of nitrogens with zero attached hydrogens (tertiary/aromatic N) is 1. The van der Waals surface area contributed by atoms with Crippen LogP contribution in [-0.4, -0.2) is 13.1 Å². The largest absolute Gasteiger partial charge is 0.372 e. The Morgan fingerprint density at radius 1 is 1.20 bits per heavy atom. The van der Waals surface area contributed by atoms with Gasteiger partial charge in [0, 0.05) is 24.3 Å². The van der Waals surface area contributed by atoms with Crippen LogP contribution in [0, 0.1) is 13.8 Å². The standard InChI is InChI=1S/C14H21N/c1-6-13-12(5)11(4)9-10-14(13)15(7-2)8-3/h6,9-10H,1,7-8H2,2-5H3. The normalized spacial score (nSPS) is 10.1. The first-order chi connectivity index (χ1) is 7.15. The topological polar surface area (TPSA) is 3.24 Å². The van der Waals surface area contributed by atoms with Crippen molar-refractivity contribution in [2.75, 3.05) is 18.0 Å². The zero-order valence-electron chi connectivity index (χ0n) is 10.3. The average Bonchev–Trinajstić information content (AvgIpc) is 2.25. The molecule has 1 aromatic carbocycles. The molecule has 0 N–H and O–H groups in total. The molecule has 0 fully saturated rings. The lowest BCUT2D eigenvalue weighted by Gasteiger charge is -2.24. The first-order valence-electron chi connectivity index (χ1n) is 5.63. The lowest BCUT2D eigenvalue weighted by atomic mass is 10.0. The highest BCUT2D eigenvalue weighted by molar-refractivity contribution is 5.71. The van der Waals surface area contributed by atoms with Crippen molar-refractivity contribution in [1.29, 1.82) is 0 Å². The maximum atomic E-state index is 3.92. The van der Waals surface area contributed by atoms with E-state index in [0.29, 0.717) is 0 Å². The highest BCUT2D eigenvalue weighted by Crippen LogP contribution is 2.26. The van der Waals surface area contributed by atoms with Gasteiger partial charge >= 0.3 is 0 Å². The summed E-state index contributed by atoms with van der Waals surface area (Å²) >= 11 is 0. The zero-order valence-corrected chi connectivity index (χ0v) is 10.3. The molecule has 0 radical (unpaired) electrons. The van der Waals surface area contributed by atoms with Gasteiger partial charge in [-0.15, -0.1) is 0 Å². The summed E-state index contributed by atoms with van der Waals surface area (Å²) in [5.41, 5.74) is 5.26. The lowest BCUT2D eigenvalue weighted by Crippen LogP contribution is -2.23. The van der Waals surface area contributed by atoms with Gasteiger partial charge in [0.2, 0.25) is 0 Å². The second kappa shape index (κ2) is 5.01. The minimum atomic E-state index is 1.04. The molecular formula is C14H21N. The third-order valence-electron chi connectivity index (χ3n) is 3.07. The summed E-state index contributed by atoms with van der Waals surface area (Å²) in [5.74, 6) is 0. The zero-order chi connectivity index (χ0) is 11.4. The van der Waals surface area contributed by atoms with E-state index in [4.69, 9.17) is 0 Å². The molecule has 15 heavy (non-hydrogen) atoms. The van der Waals surface area contributed by atoms with Crippen LogP contribution in [0.3, 0.4) is 0 Å². The summed E-state index contributed by atoms with van der Waals surface area (Å²) in [7, 11) is 0. The molecule has 0 bridgehead atoms. The Hall–Kier alpha value is -1.24. The highest BCUT2D eigenvalue weighted by atomic mass is 15.1. The number of hydrogen-bond donors (Lipinski definition) is 0. The maximum absolute atomic E-state index is 3.92. The molecule has 0 heterocycles. The predicted octanol–water partition coefficient (Wildman–Crippen LogP) is 3.79. The van der Waals surface area contributed by atoms with Crippen LogP contribution in [0.1, 0.15) is 30.5 Å². The van der Waals surface area contributed by atoms with Gasteiger partial charge in [-0.1, -0.05) is 18.7 Å². The molecule has 0 aliphatic carbocycles. The Bertz CT molecular complexity index is 349. The second-order valence-corrected chi connectivity index (χ2v) is 3.82. The fourth-order valence-corrected chi connectivity index (χ4v) is 1.92. The SMILES string of the molecule is C=Cc1c(N(CC)CC)ccc(C)c1C. The second-order valence-electron chi connectivity index (χ2n) is 3.82. The molecule has 0 amide bonds. The first-order valence-corrected chi connectivity index (χ1v) is 5.63. The van der Waals surface area contributed by atoms with Crippen molar-refractivity contribution >= 4 is 11.8 Å². The fourth-order valence-electron chi connectivity index (χ4n) is 1.92. The molecule has 0 saturated carbocycles. The van der Waals surface area contributed by atoms with E-state index in [-0.39, 0.29) is 0 Å².